The Labute approximate surface area is 217 Å². The van der Waals surface area contributed by atoms with Gasteiger partial charge in [0, 0.05) is 5.57 Å². The van der Waals surface area contributed by atoms with Gasteiger partial charge in [-0.2, -0.15) is 5.26 Å². The molecule has 6 nitrogen and oxygen atoms in total. The molecule has 3 aromatic carbocycles. The molecule has 0 spiro atoms. The number of rotatable bonds is 7. The van der Waals surface area contributed by atoms with Crippen molar-refractivity contribution < 1.29 is 19.1 Å². The van der Waals surface area contributed by atoms with Crippen LogP contribution in [0, 0.1) is 18.3 Å². The Hall–Kier alpha value is -4.63. The molecule has 0 aliphatic carbocycles. The van der Waals surface area contributed by atoms with Crippen molar-refractivity contribution in [2.45, 2.75) is 33.4 Å². The predicted molar refractivity (Wildman–Crippen MR) is 142 cm³/mol. The monoisotopic (exact) mass is 492 g/mol. The van der Waals surface area contributed by atoms with Crippen LogP contribution in [0.1, 0.15) is 42.1 Å². The van der Waals surface area contributed by atoms with Gasteiger partial charge in [0.2, 0.25) is 0 Å². The zero-order chi connectivity index (χ0) is 26.5. The molecule has 1 unspecified atom stereocenters. The van der Waals surface area contributed by atoms with Gasteiger partial charge in [0.05, 0.1) is 13.2 Å². The molecule has 37 heavy (non-hydrogen) atoms. The molecule has 1 aliphatic rings. The molecule has 0 saturated carbocycles. The average Bonchev–Trinajstić information content (AvgIpc) is 2.91. The van der Waals surface area contributed by atoms with Gasteiger partial charge in [0.1, 0.15) is 18.2 Å². The van der Waals surface area contributed by atoms with Crippen molar-refractivity contribution in [1.29, 1.82) is 5.26 Å². The van der Waals surface area contributed by atoms with Gasteiger partial charge in [-0.3, -0.25) is 14.5 Å². The van der Waals surface area contributed by atoms with E-state index in [4.69, 9.17) is 9.47 Å². The van der Waals surface area contributed by atoms with Gasteiger partial charge in [-0.15, -0.1) is 0 Å². The molecular weight excluding hydrogens is 464 g/mol. The molecule has 0 fully saturated rings. The van der Waals surface area contributed by atoms with Crippen molar-refractivity contribution in [2.75, 3.05) is 7.11 Å². The lowest BCUT2D eigenvalue weighted by molar-refractivity contribution is -0.143. The summed E-state index contributed by atoms with van der Waals surface area (Å²) in [6.45, 7) is 5.83. The molecule has 0 aromatic heterocycles. The number of amides is 2. The van der Waals surface area contributed by atoms with E-state index in [0.717, 1.165) is 16.0 Å². The molecule has 2 amide bonds. The molecule has 1 atom stereocenters. The number of hydrogen-bond acceptors (Lipinski definition) is 5. The van der Waals surface area contributed by atoms with Crippen LogP contribution in [-0.4, -0.2) is 23.8 Å². The lowest BCUT2D eigenvalue weighted by atomic mass is 9.91. The minimum atomic E-state index is -0.587. The Morgan fingerprint density at radius 1 is 0.946 bits per heavy atom. The maximum absolute atomic E-state index is 13.6. The van der Waals surface area contributed by atoms with E-state index in [1.54, 1.807) is 39.2 Å². The Morgan fingerprint density at radius 3 is 2.30 bits per heavy atom. The topological polar surface area (TPSA) is 79.6 Å². The summed E-state index contributed by atoms with van der Waals surface area (Å²) in [5.74, 6) is 0.0459. The smallest absolute Gasteiger partial charge is 0.272 e. The highest BCUT2D eigenvalue weighted by Gasteiger charge is 2.38. The minimum Gasteiger partial charge on any atom is -0.493 e. The van der Waals surface area contributed by atoms with Crippen LogP contribution in [-0.2, 0) is 16.2 Å². The number of imide groups is 1. The first-order chi connectivity index (χ1) is 17.8. The van der Waals surface area contributed by atoms with Crippen LogP contribution in [0.3, 0.4) is 0 Å². The van der Waals surface area contributed by atoms with Gasteiger partial charge in [-0.25, -0.2) is 0 Å². The number of carbonyl (C=O) groups excluding carboxylic acids is 2. The zero-order valence-corrected chi connectivity index (χ0v) is 21.3. The van der Waals surface area contributed by atoms with E-state index < -0.39 is 17.9 Å². The summed E-state index contributed by atoms with van der Waals surface area (Å²) in [6, 6.07) is 24.2. The van der Waals surface area contributed by atoms with Gasteiger partial charge in [0.25, 0.3) is 11.8 Å². The largest absolute Gasteiger partial charge is 0.493 e. The van der Waals surface area contributed by atoms with Crippen molar-refractivity contribution in [1.82, 2.24) is 4.90 Å². The average molecular weight is 493 g/mol. The lowest BCUT2D eigenvalue weighted by Crippen LogP contribution is -2.44. The van der Waals surface area contributed by atoms with Gasteiger partial charge >= 0.3 is 0 Å². The summed E-state index contributed by atoms with van der Waals surface area (Å²) >= 11 is 0. The van der Waals surface area contributed by atoms with Crippen LogP contribution in [0.25, 0.3) is 6.08 Å². The normalized spacial score (nSPS) is 15.5. The first-order valence-corrected chi connectivity index (χ1v) is 12.0. The second-order valence-electron chi connectivity index (χ2n) is 8.92. The summed E-state index contributed by atoms with van der Waals surface area (Å²) in [5.41, 5.74) is 4.30. The molecule has 1 heterocycles. The molecule has 3 aromatic rings. The standard InChI is InChI=1S/C31H28N2O4/c1-20-10-12-23(13-11-20)19-37-28-15-14-24(17-29(28)36-4)16-26-21(2)27(18-32)31(35)33(30(26)34)22(3)25-8-6-5-7-9-25/h5-17,22H,19H2,1-4H3/b26-16+. The number of benzene rings is 3. The third-order valence-electron chi connectivity index (χ3n) is 6.46. The zero-order valence-electron chi connectivity index (χ0n) is 21.3. The molecule has 0 radical (unpaired) electrons. The Bertz CT molecular complexity index is 1430. The molecule has 0 bridgehead atoms. The van der Waals surface area contributed by atoms with Gasteiger partial charge in [-0.1, -0.05) is 66.2 Å². The number of aryl methyl sites for hydroxylation is 1. The highest BCUT2D eigenvalue weighted by Crippen LogP contribution is 2.34. The summed E-state index contributed by atoms with van der Waals surface area (Å²) in [4.78, 5) is 27.8. The fourth-order valence-electron chi connectivity index (χ4n) is 4.24. The van der Waals surface area contributed by atoms with Crippen LogP contribution in [0.2, 0.25) is 0 Å². The van der Waals surface area contributed by atoms with Crippen molar-refractivity contribution >= 4 is 17.9 Å². The van der Waals surface area contributed by atoms with Crippen LogP contribution in [0.5, 0.6) is 11.5 Å². The fraction of sp³-hybridized carbons (Fsp3) is 0.194. The number of nitrogens with zero attached hydrogens (tertiary/aromatic N) is 2. The second-order valence-corrected chi connectivity index (χ2v) is 8.92. The summed E-state index contributed by atoms with van der Waals surface area (Å²) in [7, 11) is 1.55. The Balaban J connectivity index is 1.66. The molecule has 1 aliphatic heterocycles. The first-order valence-electron chi connectivity index (χ1n) is 12.0. The number of methoxy groups -OCH3 is 1. The van der Waals surface area contributed by atoms with Crippen molar-refractivity contribution in [3.8, 4) is 17.6 Å². The Morgan fingerprint density at radius 2 is 1.65 bits per heavy atom. The first kappa shape index (κ1) is 25.5. The third kappa shape index (κ3) is 5.31. The van der Waals surface area contributed by atoms with E-state index in [0.29, 0.717) is 29.2 Å². The number of ether oxygens (including phenoxy) is 2. The van der Waals surface area contributed by atoms with E-state index in [-0.39, 0.29) is 11.1 Å². The van der Waals surface area contributed by atoms with E-state index in [9.17, 15) is 14.9 Å². The summed E-state index contributed by atoms with van der Waals surface area (Å²) in [5, 5.41) is 9.73. The van der Waals surface area contributed by atoms with Gasteiger partial charge in [-0.05, 0) is 61.2 Å². The quantitative estimate of drug-likeness (QED) is 0.301. The number of nitriles is 1. The molecule has 6 heteroatoms. The van der Waals surface area contributed by atoms with E-state index in [2.05, 4.69) is 0 Å². The molecule has 0 saturated heterocycles. The Kier molecular flexibility index (Phi) is 7.55. The highest BCUT2D eigenvalue weighted by molar-refractivity contribution is 6.20. The van der Waals surface area contributed by atoms with Crippen LogP contribution >= 0.6 is 0 Å². The molecule has 4 rings (SSSR count). The highest BCUT2D eigenvalue weighted by atomic mass is 16.5. The van der Waals surface area contributed by atoms with Crippen molar-refractivity contribution in [3.05, 3.63) is 112 Å². The van der Waals surface area contributed by atoms with Crippen LogP contribution in [0.15, 0.2) is 89.5 Å². The molecular formula is C31H28N2O4. The summed E-state index contributed by atoms with van der Waals surface area (Å²) in [6.07, 6.45) is 1.68. The second kappa shape index (κ2) is 11.0. The van der Waals surface area contributed by atoms with Gasteiger partial charge in [0.15, 0.2) is 11.5 Å². The lowest BCUT2D eigenvalue weighted by Gasteiger charge is -2.32. The van der Waals surface area contributed by atoms with Crippen molar-refractivity contribution in [3.63, 3.8) is 0 Å². The van der Waals surface area contributed by atoms with Crippen LogP contribution < -0.4 is 9.47 Å². The SMILES string of the molecule is COc1cc(/C=C2/C(=O)N(C(C)c3ccccc3)C(=O)C(C#N)=C2C)ccc1OCc1ccc(C)cc1. The van der Waals surface area contributed by atoms with Gasteiger partial charge < -0.3 is 9.47 Å². The van der Waals surface area contributed by atoms with E-state index >= 15 is 0 Å². The fourth-order valence-corrected chi connectivity index (χ4v) is 4.24. The van der Waals surface area contributed by atoms with Crippen LogP contribution in [0.4, 0.5) is 0 Å². The van der Waals surface area contributed by atoms with E-state index in [1.807, 2.05) is 73.7 Å². The summed E-state index contributed by atoms with van der Waals surface area (Å²) < 4.78 is 11.5. The maximum Gasteiger partial charge on any atom is 0.272 e. The third-order valence-corrected chi connectivity index (χ3v) is 6.46. The minimum absolute atomic E-state index is 0.0429. The van der Waals surface area contributed by atoms with E-state index in [1.165, 1.54) is 5.56 Å². The number of carbonyl (C=O) groups is 2. The number of hydrogen-bond donors (Lipinski definition) is 0. The van der Waals surface area contributed by atoms with Crippen molar-refractivity contribution in [2.24, 2.45) is 0 Å². The molecule has 186 valence electrons. The maximum atomic E-state index is 13.6. The molecule has 0 N–H and O–H groups in total. The predicted octanol–water partition coefficient (Wildman–Crippen LogP) is 5.94.